The van der Waals surface area contributed by atoms with Crippen LogP contribution in [-0.4, -0.2) is 48.7 Å². The van der Waals surface area contributed by atoms with E-state index in [2.05, 4.69) is 5.16 Å². The molecule has 20 heavy (non-hydrogen) atoms. The summed E-state index contributed by atoms with van der Waals surface area (Å²) in [7, 11) is -3.68. The van der Waals surface area contributed by atoms with Crippen LogP contribution in [0.3, 0.4) is 0 Å². The zero-order valence-electron chi connectivity index (χ0n) is 11.2. The van der Waals surface area contributed by atoms with Gasteiger partial charge >= 0.3 is 6.18 Å². The largest absolute Gasteiger partial charge is 0.411 e. The molecule has 1 unspecified atom stereocenters. The van der Waals surface area contributed by atoms with Gasteiger partial charge in [0.2, 0.25) is 10.0 Å². The van der Waals surface area contributed by atoms with Crippen molar-refractivity contribution in [1.82, 2.24) is 4.31 Å². The van der Waals surface area contributed by atoms with Crippen molar-refractivity contribution in [2.45, 2.75) is 38.8 Å². The molecule has 0 radical (unpaired) electrons. The van der Waals surface area contributed by atoms with Gasteiger partial charge in [-0.1, -0.05) is 12.1 Å². The summed E-state index contributed by atoms with van der Waals surface area (Å²) in [6.45, 7) is 2.17. The van der Waals surface area contributed by atoms with Gasteiger partial charge in [-0.25, -0.2) is 12.7 Å². The molecule has 1 heterocycles. The first kappa shape index (κ1) is 17.2. The van der Waals surface area contributed by atoms with E-state index in [0.29, 0.717) is 18.6 Å². The van der Waals surface area contributed by atoms with Gasteiger partial charge in [0.1, 0.15) is 0 Å². The molecule has 9 heteroatoms. The number of oxime groups is 1. The molecule has 1 aliphatic heterocycles. The number of hydrogen-bond donors (Lipinski definition) is 1. The third-order valence-corrected chi connectivity index (χ3v) is 5.31. The molecule has 1 rings (SSSR count). The SMILES string of the molecule is CCC1CN(S(=O)(=O)CCCC(F)(F)F)CCC1=NO. The van der Waals surface area contributed by atoms with Crippen LogP contribution in [0, 0.1) is 5.92 Å². The van der Waals surface area contributed by atoms with Crippen LogP contribution in [0.2, 0.25) is 0 Å². The third-order valence-electron chi connectivity index (χ3n) is 3.39. The molecule has 0 spiro atoms. The zero-order chi connectivity index (χ0) is 15.4. The van der Waals surface area contributed by atoms with Crippen LogP contribution >= 0.6 is 0 Å². The second-order valence-electron chi connectivity index (χ2n) is 4.84. The van der Waals surface area contributed by atoms with E-state index in [1.807, 2.05) is 6.92 Å². The standard InChI is InChI=1S/C11H19F3N2O3S/c1-2-9-8-16(6-4-10(9)15-17)20(18,19)7-3-5-11(12,13)14/h9,17H,2-8H2,1H3. The van der Waals surface area contributed by atoms with E-state index in [1.54, 1.807) is 0 Å². The van der Waals surface area contributed by atoms with E-state index in [1.165, 1.54) is 4.31 Å². The minimum atomic E-state index is -4.33. The van der Waals surface area contributed by atoms with Gasteiger partial charge in [0, 0.05) is 31.8 Å². The molecule has 1 saturated heterocycles. The van der Waals surface area contributed by atoms with Crippen molar-refractivity contribution in [2.24, 2.45) is 11.1 Å². The Kier molecular flexibility index (Phi) is 5.81. The Balaban J connectivity index is 2.60. The molecule has 0 aliphatic carbocycles. The highest BCUT2D eigenvalue weighted by Gasteiger charge is 2.33. The number of piperidine rings is 1. The molecule has 1 atom stereocenters. The van der Waals surface area contributed by atoms with E-state index >= 15 is 0 Å². The minimum Gasteiger partial charge on any atom is -0.411 e. The van der Waals surface area contributed by atoms with E-state index in [4.69, 9.17) is 5.21 Å². The lowest BCUT2D eigenvalue weighted by Gasteiger charge is -2.32. The lowest BCUT2D eigenvalue weighted by Crippen LogP contribution is -2.44. The van der Waals surface area contributed by atoms with Crippen LogP contribution in [-0.2, 0) is 10.0 Å². The molecular weight excluding hydrogens is 297 g/mol. The van der Waals surface area contributed by atoms with Crippen molar-refractivity contribution < 1.29 is 26.8 Å². The second kappa shape index (κ2) is 6.75. The first-order valence-electron chi connectivity index (χ1n) is 6.45. The van der Waals surface area contributed by atoms with Crippen molar-refractivity contribution in [3.8, 4) is 0 Å². The highest BCUT2D eigenvalue weighted by Crippen LogP contribution is 2.24. The Labute approximate surface area is 116 Å². The quantitative estimate of drug-likeness (QED) is 0.624. The molecule has 1 aliphatic rings. The van der Waals surface area contributed by atoms with Gasteiger partial charge in [-0.3, -0.25) is 0 Å². The molecule has 0 bridgehead atoms. The Hall–Kier alpha value is -0.830. The summed E-state index contributed by atoms with van der Waals surface area (Å²) < 4.78 is 61.3. The predicted octanol–water partition coefficient (Wildman–Crippen LogP) is 2.22. The van der Waals surface area contributed by atoms with Crippen LogP contribution < -0.4 is 0 Å². The summed E-state index contributed by atoms with van der Waals surface area (Å²) in [6.07, 6.45) is -4.93. The predicted molar refractivity (Wildman–Crippen MR) is 68.3 cm³/mol. The van der Waals surface area contributed by atoms with Gasteiger partial charge in [0.05, 0.1) is 11.5 Å². The normalized spacial score (nSPS) is 24.2. The summed E-state index contributed by atoms with van der Waals surface area (Å²) in [6, 6.07) is 0. The molecule has 1 fully saturated rings. The van der Waals surface area contributed by atoms with Crippen molar-refractivity contribution >= 4 is 15.7 Å². The van der Waals surface area contributed by atoms with Gasteiger partial charge in [0.25, 0.3) is 0 Å². The molecule has 0 saturated carbocycles. The smallest absolute Gasteiger partial charge is 0.389 e. The monoisotopic (exact) mass is 316 g/mol. The lowest BCUT2D eigenvalue weighted by molar-refractivity contribution is -0.134. The number of sulfonamides is 1. The van der Waals surface area contributed by atoms with Gasteiger partial charge < -0.3 is 5.21 Å². The van der Waals surface area contributed by atoms with Crippen LogP contribution in [0.4, 0.5) is 13.2 Å². The van der Waals surface area contributed by atoms with Gasteiger partial charge in [-0.05, 0) is 12.8 Å². The summed E-state index contributed by atoms with van der Waals surface area (Å²) >= 11 is 0. The molecule has 118 valence electrons. The summed E-state index contributed by atoms with van der Waals surface area (Å²) in [4.78, 5) is 0. The third kappa shape index (κ3) is 4.93. The van der Waals surface area contributed by atoms with Crippen LogP contribution in [0.15, 0.2) is 5.16 Å². The maximum absolute atomic E-state index is 12.0. The fourth-order valence-electron chi connectivity index (χ4n) is 2.22. The number of rotatable bonds is 5. The maximum atomic E-state index is 12.0. The van der Waals surface area contributed by atoms with Crippen molar-refractivity contribution in [3.63, 3.8) is 0 Å². The average molecular weight is 316 g/mol. The Morgan fingerprint density at radius 1 is 1.45 bits per heavy atom. The molecule has 0 amide bonds. The second-order valence-corrected chi connectivity index (χ2v) is 6.93. The highest BCUT2D eigenvalue weighted by molar-refractivity contribution is 7.89. The number of nitrogens with zero attached hydrogens (tertiary/aromatic N) is 2. The first-order valence-corrected chi connectivity index (χ1v) is 8.06. The van der Waals surface area contributed by atoms with Crippen LogP contribution in [0.1, 0.15) is 32.6 Å². The van der Waals surface area contributed by atoms with E-state index in [-0.39, 0.29) is 19.0 Å². The van der Waals surface area contributed by atoms with Crippen LogP contribution in [0.5, 0.6) is 0 Å². The number of hydrogen-bond acceptors (Lipinski definition) is 4. The molecular formula is C11H19F3N2O3S. The molecule has 1 N–H and O–H groups in total. The van der Waals surface area contributed by atoms with Crippen molar-refractivity contribution in [1.29, 1.82) is 0 Å². The van der Waals surface area contributed by atoms with Gasteiger partial charge in [0.15, 0.2) is 0 Å². The molecule has 5 nitrogen and oxygen atoms in total. The Morgan fingerprint density at radius 2 is 2.10 bits per heavy atom. The number of halogens is 3. The van der Waals surface area contributed by atoms with Gasteiger partial charge in [-0.15, -0.1) is 0 Å². The minimum absolute atomic E-state index is 0.157. The highest BCUT2D eigenvalue weighted by atomic mass is 32.2. The fraction of sp³-hybridized carbons (Fsp3) is 0.909. The van der Waals surface area contributed by atoms with Crippen LogP contribution in [0.25, 0.3) is 0 Å². The topological polar surface area (TPSA) is 70.0 Å². The summed E-state index contributed by atoms with van der Waals surface area (Å²) in [5.41, 5.74) is 0.550. The fourth-order valence-corrected chi connectivity index (χ4v) is 3.76. The lowest BCUT2D eigenvalue weighted by atomic mass is 9.95. The van der Waals surface area contributed by atoms with Gasteiger partial charge in [-0.2, -0.15) is 13.2 Å². The van der Waals surface area contributed by atoms with Crippen molar-refractivity contribution in [2.75, 3.05) is 18.8 Å². The van der Waals surface area contributed by atoms with Crippen molar-refractivity contribution in [3.05, 3.63) is 0 Å². The molecule has 0 aromatic rings. The number of alkyl halides is 3. The van der Waals surface area contributed by atoms with E-state index in [9.17, 15) is 21.6 Å². The Bertz CT molecular complexity index is 448. The first-order chi connectivity index (χ1) is 9.19. The molecule has 0 aromatic carbocycles. The summed E-state index contributed by atoms with van der Waals surface area (Å²) in [5.74, 6) is -0.680. The molecule has 0 aromatic heterocycles. The van der Waals surface area contributed by atoms with E-state index in [0.717, 1.165) is 0 Å². The average Bonchev–Trinajstić information content (AvgIpc) is 2.36. The Morgan fingerprint density at radius 3 is 2.60 bits per heavy atom. The zero-order valence-corrected chi connectivity index (χ0v) is 12.0. The summed E-state index contributed by atoms with van der Waals surface area (Å²) in [5, 5.41) is 12.0. The van der Waals surface area contributed by atoms with E-state index < -0.39 is 34.8 Å². The maximum Gasteiger partial charge on any atom is 0.389 e.